The molecule has 1 fully saturated rings. The van der Waals surface area contributed by atoms with E-state index >= 15 is 0 Å². The lowest BCUT2D eigenvalue weighted by Crippen LogP contribution is -2.49. The molecule has 3 rings (SSSR count). The number of urea groups is 1. The summed E-state index contributed by atoms with van der Waals surface area (Å²) in [5, 5.41) is 5.67. The predicted octanol–water partition coefficient (Wildman–Crippen LogP) is 1.62. The van der Waals surface area contributed by atoms with Gasteiger partial charge in [-0.3, -0.25) is 9.69 Å². The highest BCUT2D eigenvalue weighted by Crippen LogP contribution is 2.29. The van der Waals surface area contributed by atoms with Crippen LogP contribution in [-0.2, 0) is 20.7 Å². The first-order valence-corrected chi connectivity index (χ1v) is 10.5. The second-order valence-corrected chi connectivity index (χ2v) is 7.69. The topological polar surface area (TPSA) is 114 Å². The van der Waals surface area contributed by atoms with Gasteiger partial charge >= 0.3 is 12.0 Å². The number of hydrogen-bond acceptors (Lipinski definition) is 5. The molecule has 1 aromatic rings. The molecule has 0 aromatic heterocycles. The van der Waals surface area contributed by atoms with E-state index in [0.29, 0.717) is 43.7 Å². The number of likely N-dealkylation sites (tertiary alicyclic amines) is 1. The van der Waals surface area contributed by atoms with Gasteiger partial charge in [0.2, 0.25) is 5.91 Å². The molecule has 0 spiro atoms. The number of nitrogens with two attached hydrogens (primary N) is 1. The van der Waals surface area contributed by atoms with Crippen LogP contribution in [0.15, 0.2) is 35.5 Å². The molecule has 30 heavy (non-hydrogen) atoms. The van der Waals surface area contributed by atoms with Crippen LogP contribution < -0.4 is 16.4 Å². The van der Waals surface area contributed by atoms with Gasteiger partial charge in [-0.05, 0) is 50.4 Å². The predicted molar refractivity (Wildman–Crippen MR) is 112 cm³/mol. The second kappa shape index (κ2) is 9.75. The zero-order chi connectivity index (χ0) is 21.7. The summed E-state index contributed by atoms with van der Waals surface area (Å²) in [6, 6.07) is 6.94. The number of nitrogens with one attached hydrogen (secondary N) is 2. The van der Waals surface area contributed by atoms with Crippen LogP contribution in [0.4, 0.5) is 4.79 Å². The molecule has 1 saturated heterocycles. The third-order valence-corrected chi connectivity index (χ3v) is 5.74. The normalized spacial score (nSPS) is 20.5. The molecule has 2 aliphatic heterocycles. The van der Waals surface area contributed by atoms with Gasteiger partial charge < -0.3 is 21.1 Å². The van der Waals surface area contributed by atoms with Crippen LogP contribution in [0, 0.1) is 5.92 Å². The van der Waals surface area contributed by atoms with Crippen molar-refractivity contribution in [3.8, 4) is 0 Å². The Morgan fingerprint density at radius 3 is 2.40 bits per heavy atom. The molecule has 0 unspecified atom stereocenters. The van der Waals surface area contributed by atoms with E-state index in [9.17, 15) is 14.4 Å². The van der Waals surface area contributed by atoms with Crippen molar-refractivity contribution in [3.05, 3.63) is 46.7 Å². The van der Waals surface area contributed by atoms with Crippen molar-refractivity contribution >= 4 is 17.9 Å². The van der Waals surface area contributed by atoms with Crippen molar-refractivity contribution < 1.29 is 19.1 Å². The molecule has 8 nitrogen and oxygen atoms in total. The van der Waals surface area contributed by atoms with E-state index in [1.807, 2.05) is 24.3 Å². The van der Waals surface area contributed by atoms with Gasteiger partial charge in [-0.2, -0.15) is 0 Å². The minimum atomic E-state index is -0.582. The Bertz CT molecular complexity index is 826. The van der Waals surface area contributed by atoms with E-state index < -0.39 is 12.0 Å². The van der Waals surface area contributed by atoms with Crippen molar-refractivity contribution in [1.29, 1.82) is 0 Å². The number of hydrogen-bond donors (Lipinski definition) is 3. The minimum absolute atomic E-state index is 0.118. The highest BCUT2D eigenvalue weighted by Gasteiger charge is 2.35. The smallest absolute Gasteiger partial charge is 0.338 e. The van der Waals surface area contributed by atoms with Gasteiger partial charge in [-0.15, -0.1) is 0 Å². The number of carbonyl (C=O) groups excluding carboxylic acids is 3. The summed E-state index contributed by atoms with van der Waals surface area (Å²) >= 11 is 0. The van der Waals surface area contributed by atoms with Crippen LogP contribution >= 0.6 is 0 Å². The zero-order valence-corrected chi connectivity index (χ0v) is 17.6. The fourth-order valence-electron chi connectivity index (χ4n) is 3.99. The third kappa shape index (κ3) is 4.99. The number of primary amides is 1. The van der Waals surface area contributed by atoms with Crippen molar-refractivity contribution in [2.45, 2.75) is 39.2 Å². The van der Waals surface area contributed by atoms with Gasteiger partial charge in [0.1, 0.15) is 0 Å². The SMILES string of the molecule is CCOC(=O)C1=C(CN2CCC(C(N)=O)CC2)NC(=O)N[C@H]1c1ccc(CC)cc1. The van der Waals surface area contributed by atoms with E-state index in [1.54, 1.807) is 6.92 Å². The molecule has 0 radical (unpaired) electrons. The van der Waals surface area contributed by atoms with Crippen molar-refractivity contribution in [2.75, 3.05) is 26.2 Å². The number of esters is 1. The minimum Gasteiger partial charge on any atom is -0.463 e. The fraction of sp³-hybridized carbons (Fsp3) is 0.500. The average molecular weight is 415 g/mol. The highest BCUT2D eigenvalue weighted by atomic mass is 16.5. The molecule has 162 valence electrons. The first kappa shape index (κ1) is 21.8. The Balaban J connectivity index is 1.89. The molecule has 2 heterocycles. The lowest BCUT2D eigenvalue weighted by Gasteiger charge is -2.34. The largest absolute Gasteiger partial charge is 0.463 e. The lowest BCUT2D eigenvalue weighted by molar-refractivity contribution is -0.139. The van der Waals surface area contributed by atoms with E-state index in [-0.39, 0.29) is 24.5 Å². The molecule has 1 aromatic carbocycles. The van der Waals surface area contributed by atoms with Crippen LogP contribution in [0.25, 0.3) is 0 Å². The fourth-order valence-corrected chi connectivity index (χ4v) is 3.99. The number of amides is 3. The maximum atomic E-state index is 12.9. The molecule has 1 atom stereocenters. The molecule has 0 saturated carbocycles. The van der Waals surface area contributed by atoms with Gasteiger partial charge in [0.15, 0.2) is 0 Å². The molecular formula is C22H30N4O4. The zero-order valence-electron chi connectivity index (χ0n) is 17.6. The van der Waals surface area contributed by atoms with Crippen LogP contribution in [-0.4, -0.2) is 49.0 Å². The maximum Gasteiger partial charge on any atom is 0.338 e. The quantitative estimate of drug-likeness (QED) is 0.587. The average Bonchev–Trinajstić information content (AvgIpc) is 2.74. The Labute approximate surface area is 176 Å². The third-order valence-electron chi connectivity index (χ3n) is 5.74. The summed E-state index contributed by atoms with van der Waals surface area (Å²) in [4.78, 5) is 38.8. The number of piperidine rings is 1. The van der Waals surface area contributed by atoms with Crippen LogP contribution in [0.1, 0.15) is 43.9 Å². The number of nitrogens with zero attached hydrogens (tertiary/aromatic N) is 1. The van der Waals surface area contributed by atoms with Gasteiger partial charge in [0.25, 0.3) is 0 Å². The van der Waals surface area contributed by atoms with Gasteiger partial charge in [0.05, 0.1) is 18.2 Å². The van der Waals surface area contributed by atoms with Crippen molar-refractivity contribution in [2.24, 2.45) is 11.7 Å². The Morgan fingerprint density at radius 1 is 1.17 bits per heavy atom. The van der Waals surface area contributed by atoms with Crippen molar-refractivity contribution in [3.63, 3.8) is 0 Å². The van der Waals surface area contributed by atoms with Crippen molar-refractivity contribution in [1.82, 2.24) is 15.5 Å². The number of carbonyl (C=O) groups is 3. The van der Waals surface area contributed by atoms with Crippen LogP contribution in [0.3, 0.4) is 0 Å². The lowest BCUT2D eigenvalue weighted by atomic mass is 9.93. The highest BCUT2D eigenvalue weighted by molar-refractivity contribution is 5.95. The first-order valence-electron chi connectivity index (χ1n) is 10.5. The number of rotatable bonds is 7. The number of ether oxygens (including phenoxy) is 1. The van der Waals surface area contributed by atoms with Gasteiger partial charge in [0, 0.05) is 18.2 Å². The second-order valence-electron chi connectivity index (χ2n) is 7.69. The van der Waals surface area contributed by atoms with Crippen LogP contribution in [0.2, 0.25) is 0 Å². The molecule has 3 amide bonds. The van der Waals surface area contributed by atoms with E-state index in [4.69, 9.17) is 10.5 Å². The monoisotopic (exact) mass is 414 g/mol. The summed E-state index contributed by atoms with van der Waals surface area (Å²) in [5.41, 5.74) is 8.38. The summed E-state index contributed by atoms with van der Waals surface area (Å²) < 4.78 is 5.31. The van der Waals surface area contributed by atoms with Gasteiger partial charge in [-0.25, -0.2) is 9.59 Å². The number of aryl methyl sites for hydroxylation is 1. The number of benzene rings is 1. The Hall–Kier alpha value is -2.87. The molecule has 2 aliphatic rings. The maximum absolute atomic E-state index is 12.9. The molecule has 0 bridgehead atoms. The molecule has 0 aliphatic carbocycles. The van der Waals surface area contributed by atoms with E-state index in [0.717, 1.165) is 12.0 Å². The van der Waals surface area contributed by atoms with Crippen LogP contribution in [0.5, 0.6) is 0 Å². The summed E-state index contributed by atoms with van der Waals surface area (Å²) in [6.45, 7) is 5.82. The first-order chi connectivity index (χ1) is 14.4. The Morgan fingerprint density at radius 2 is 1.83 bits per heavy atom. The van der Waals surface area contributed by atoms with E-state index in [1.165, 1.54) is 5.56 Å². The summed E-state index contributed by atoms with van der Waals surface area (Å²) in [5.74, 6) is -0.837. The Kier molecular flexibility index (Phi) is 7.10. The summed E-state index contributed by atoms with van der Waals surface area (Å²) in [6.07, 6.45) is 2.25. The summed E-state index contributed by atoms with van der Waals surface area (Å²) in [7, 11) is 0. The molecule has 4 N–H and O–H groups in total. The molecular weight excluding hydrogens is 384 g/mol. The van der Waals surface area contributed by atoms with Gasteiger partial charge in [-0.1, -0.05) is 31.2 Å². The molecule has 8 heteroatoms. The standard InChI is InChI=1S/C22H30N4O4/c1-3-14-5-7-15(8-6-14)19-18(21(28)30-4-2)17(24-22(29)25-19)13-26-11-9-16(10-12-26)20(23)27/h5-8,16,19H,3-4,9-13H2,1-2H3,(H2,23,27)(H2,24,25,29)/t19-/m0/s1. The van der Waals surface area contributed by atoms with E-state index in [2.05, 4.69) is 22.5 Å².